The van der Waals surface area contributed by atoms with Gasteiger partial charge < -0.3 is 9.84 Å². The van der Waals surface area contributed by atoms with Crippen molar-refractivity contribution in [3.8, 4) is 0 Å². The van der Waals surface area contributed by atoms with Crippen molar-refractivity contribution in [2.75, 3.05) is 19.8 Å². The number of hydrogen-bond donors (Lipinski definition) is 2. The molecule has 0 bridgehead atoms. The zero-order chi connectivity index (χ0) is 16.2. The molecule has 7 heteroatoms. The van der Waals surface area contributed by atoms with Crippen molar-refractivity contribution < 1.29 is 23.1 Å². The molecule has 6 nitrogen and oxygen atoms in total. The number of rotatable bonds is 6. The van der Waals surface area contributed by atoms with Gasteiger partial charge >= 0.3 is 5.97 Å². The Labute approximate surface area is 130 Å². The van der Waals surface area contributed by atoms with E-state index in [4.69, 9.17) is 9.84 Å². The van der Waals surface area contributed by atoms with Crippen LogP contribution >= 0.6 is 0 Å². The van der Waals surface area contributed by atoms with Crippen LogP contribution in [0.25, 0.3) is 0 Å². The van der Waals surface area contributed by atoms with Gasteiger partial charge in [-0.05, 0) is 49.8 Å². The third kappa shape index (κ3) is 4.28. The van der Waals surface area contributed by atoms with Gasteiger partial charge in [0.1, 0.15) is 0 Å². The fourth-order valence-corrected chi connectivity index (χ4v) is 3.85. The van der Waals surface area contributed by atoms with Crippen molar-refractivity contribution in [3.63, 3.8) is 0 Å². The fraction of sp³-hybridized carbons (Fsp3) is 0.533. The lowest BCUT2D eigenvalue weighted by molar-refractivity contribution is 0.0523. The number of hydrogen-bond acceptors (Lipinski definition) is 4. The first-order chi connectivity index (χ1) is 10.4. The molecule has 1 atom stereocenters. The minimum atomic E-state index is -3.70. The molecule has 1 aliphatic rings. The molecule has 2 N–H and O–H groups in total. The maximum absolute atomic E-state index is 12.3. The van der Waals surface area contributed by atoms with Crippen molar-refractivity contribution in [1.82, 2.24) is 4.72 Å². The average Bonchev–Trinajstić information content (AvgIpc) is 2.48. The molecule has 0 aromatic heterocycles. The minimum absolute atomic E-state index is 0.0206. The van der Waals surface area contributed by atoms with E-state index in [1.165, 1.54) is 18.2 Å². The van der Waals surface area contributed by atoms with Crippen LogP contribution in [0.5, 0.6) is 0 Å². The first-order valence-electron chi connectivity index (χ1n) is 7.31. The average molecular weight is 327 g/mol. The van der Waals surface area contributed by atoms with Crippen LogP contribution in [0.1, 0.15) is 35.2 Å². The summed E-state index contributed by atoms with van der Waals surface area (Å²) in [5.74, 6) is -0.765. The molecule has 122 valence electrons. The number of aryl methyl sites for hydroxylation is 1. The van der Waals surface area contributed by atoms with Crippen molar-refractivity contribution in [2.24, 2.45) is 5.92 Å². The molecule has 1 aliphatic heterocycles. The summed E-state index contributed by atoms with van der Waals surface area (Å²) in [6, 6.07) is 4.10. The minimum Gasteiger partial charge on any atom is -0.478 e. The molecule has 0 aliphatic carbocycles. The van der Waals surface area contributed by atoms with Crippen LogP contribution < -0.4 is 4.72 Å². The highest BCUT2D eigenvalue weighted by molar-refractivity contribution is 7.89. The summed E-state index contributed by atoms with van der Waals surface area (Å²) in [5, 5.41) is 8.98. The SMILES string of the molecule is Cc1ccc(C(=O)O)cc1S(=O)(=O)NCCC1CCCOC1. The Balaban J connectivity index is 2.03. The molecular formula is C15H21NO5S. The van der Waals surface area contributed by atoms with Crippen LogP contribution in [0.2, 0.25) is 0 Å². The van der Waals surface area contributed by atoms with Gasteiger partial charge in [0.15, 0.2) is 0 Å². The molecule has 1 heterocycles. The number of carboxylic acid groups (broad SMARTS) is 1. The van der Waals surface area contributed by atoms with Gasteiger partial charge in [-0.3, -0.25) is 0 Å². The van der Waals surface area contributed by atoms with Gasteiger partial charge in [-0.1, -0.05) is 6.07 Å². The summed E-state index contributed by atoms with van der Waals surface area (Å²) < 4.78 is 32.6. The van der Waals surface area contributed by atoms with Gasteiger partial charge in [0, 0.05) is 19.8 Å². The van der Waals surface area contributed by atoms with E-state index in [0.717, 1.165) is 25.9 Å². The second-order valence-electron chi connectivity index (χ2n) is 5.56. The van der Waals surface area contributed by atoms with E-state index < -0.39 is 16.0 Å². The zero-order valence-electron chi connectivity index (χ0n) is 12.5. The second kappa shape index (κ2) is 7.21. The number of aromatic carboxylic acids is 1. The lowest BCUT2D eigenvalue weighted by atomic mass is 9.99. The van der Waals surface area contributed by atoms with Crippen LogP contribution in [0.4, 0.5) is 0 Å². The Morgan fingerprint density at radius 1 is 1.45 bits per heavy atom. The first-order valence-corrected chi connectivity index (χ1v) is 8.80. The fourth-order valence-electron chi connectivity index (χ4n) is 2.53. The standard InChI is InChI=1S/C15H21NO5S/c1-11-4-5-13(15(17)18)9-14(11)22(19,20)16-7-6-12-3-2-8-21-10-12/h4-5,9,12,16H,2-3,6-8,10H2,1H3,(H,17,18). The number of ether oxygens (including phenoxy) is 1. The van der Waals surface area contributed by atoms with Crippen molar-refractivity contribution in [3.05, 3.63) is 29.3 Å². The Kier molecular flexibility index (Phi) is 5.55. The second-order valence-corrected chi connectivity index (χ2v) is 7.29. The smallest absolute Gasteiger partial charge is 0.335 e. The molecule has 0 radical (unpaired) electrons. The lowest BCUT2D eigenvalue weighted by Crippen LogP contribution is -2.29. The third-order valence-corrected chi connectivity index (χ3v) is 5.43. The number of benzene rings is 1. The van der Waals surface area contributed by atoms with Crippen LogP contribution in [-0.2, 0) is 14.8 Å². The maximum Gasteiger partial charge on any atom is 0.335 e. The predicted molar refractivity (Wildman–Crippen MR) is 81.5 cm³/mol. The summed E-state index contributed by atoms with van der Waals surface area (Å²) in [6.07, 6.45) is 2.78. The normalized spacial score (nSPS) is 19.0. The first kappa shape index (κ1) is 16.9. The van der Waals surface area contributed by atoms with E-state index in [9.17, 15) is 13.2 Å². The highest BCUT2D eigenvalue weighted by atomic mass is 32.2. The highest BCUT2D eigenvalue weighted by Crippen LogP contribution is 2.19. The Morgan fingerprint density at radius 3 is 2.86 bits per heavy atom. The van der Waals surface area contributed by atoms with Crippen LogP contribution in [0.15, 0.2) is 23.1 Å². The van der Waals surface area contributed by atoms with Crippen molar-refractivity contribution >= 4 is 16.0 Å². The van der Waals surface area contributed by atoms with E-state index in [-0.39, 0.29) is 10.5 Å². The van der Waals surface area contributed by atoms with Gasteiger partial charge in [-0.2, -0.15) is 0 Å². The molecule has 1 unspecified atom stereocenters. The highest BCUT2D eigenvalue weighted by Gasteiger charge is 2.20. The molecular weight excluding hydrogens is 306 g/mol. The molecule has 22 heavy (non-hydrogen) atoms. The monoisotopic (exact) mass is 327 g/mol. The molecule has 2 rings (SSSR count). The van der Waals surface area contributed by atoms with Gasteiger partial charge in [0.2, 0.25) is 10.0 Å². The number of sulfonamides is 1. The predicted octanol–water partition coefficient (Wildman–Crippen LogP) is 1.79. The van der Waals surface area contributed by atoms with E-state index in [2.05, 4.69) is 4.72 Å². The molecule has 0 amide bonds. The van der Waals surface area contributed by atoms with Crippen LogP contribution in [0.3, 0.4) is 0 Å². The van der Waals surface area contributed by atoms with Gasteiger partial charge in [-0.15, -0.1) is 0 Å². The van der Waals surface area contributed by atoms with Gasteiger partial charge in [0.25, 0.3) is 0 Å². The van der Waals surface area contributed by atoms with Crippen molar-refractivity contribution in [2.45, 2.75) is 31.1 Å². The molecule has 1 aromatic carbocycles. The van der Waals surface area contributed by atoms with E-state index in [1.54, 1.807) is 6.92 Å². The summed E-state index contributed by atoms with van der Waals surface area (Å²) in [7, 11) is -3.70. The summed E-state index contributed by atoms with van der Waals surface area (Å²) in [6.45, 7) is 3.43. The Morgan fingerprint density at radius 2 is 2.23 bits per heavy atom. The molecule has 1 fully saturated rings. The number of carboxylic acids is 1. The molecule has 1 saturated heterocycles. The van der Waals surface area contributed by atoms with Crippen LogP contribution in [0, 0.1) is 12.8 Å². The van der Waals surface area contributed by atoms with E-state index in [1.807, 2.05) is 0 Å². The van der Waals surface area contributed by atoms with Gasteiger partial charge in [-0.25, -0.2) is 17.9 Å². The lowest BCUT2D eigenvalue weighted by Gasteiger charge is -2.22. The zero-order valence-corrected chi connectivity index (χ0v) is 13.4. The van der Waals surface area contributed by atoms with E-state index in [0.29, 0.717) is 24.6 Å². The summed E-state index contributed by atoms with van der Waals surface area (Å²) in [5.41, 5.74) is 0.491. The Bertz CT molecular complexity index is 635. The quantitative estimate of drug-likeness (QED) is 0.831. The molecule has 0 spiro atoms. The van der Waals surface area contributed by atoms with Crippen molar-refractivity contribution in [1.29, 1.82) is 0 Å². The number of carbonyl (C=O) groups is 1. The van der Waals surface area contributed by atoms with E-state index >= 15 is 0 Å². The topological polar surface area (TPSA) is 92.7 Å². The largest absolute Gasteiger partial charge is 0.478 e. The number of nitrogens with one attached hydrogen (secondary N) is 1. The molecule has 0 saturated carbocycles. The van der Waals surface area contributed by atoms with Gasteiger partial charge in [0.05, 0.1) is 10.5 Å². The summed E-state index contributed by atoms with van der Waals surface area (Å²) in [4.78, 5) is 11.0. The van der Waals surface area contributed by atoms with Crippen LogP contribution in [-0.4, -0.2) is 39.3 Å². The summed E-state index contributed by atoms with van der Waals surface area (Å²) >= 11 is 0. The third-order valence-electron chi connectivity index (χ3n) is 3.82. The molecule has 1 aromatic rings. The maximum atomic E-state index is 12.3. The Hall–Kier alpha value is -1.44.